The molecule has 11 heavy (non-hydrogen) atoms. The minimum absolute atomic E-state index is 0.141. The van der Waals surface area contributed by atoms with Crippen LogP contribution in [0.5, 0.6) is 0 Å². The number of hydrogen-bond donors (Lipinski definition) is 2. The second kappa shape index (κ2) is 1.97. The summed E-state index contributed by atoms with van der Waals surface area (Å²) in [4.78, 5) is 11.2. The summed E-state index contributed by atoms with van der Waals surface area (Å²) in [6, 6.07) is 0.356. The van der Waals surface area contributed by atoms with Crippen LogP contribution < -0.4 is 10.6 Å². The highest BCUT2D eigenvalue weighted by molar-refractivity contribution is 5.84. The molecule has 0 bridgehead atoms. The number of carbonyl (C=O) groups is 1. The minimum atomic E-state index is 0.141. The number of carbonyl (C=O) groups excluding carboxylic acids is 1. The maximum atomic E-state index is 11.2. The summed E-state index contributed by atoms with van der Waals surface area (Å²) in [5, 5.41) is 6.27. The van der Waals surface area contributed by atoms with Gasteiger partial charge in [-0.25, -0.2) is 0 Å². The fraction of sp³-hybridized carbons (Fsp3) is 0.875. The molecule has 1 spiro atoms. The molecule has 2 N–H and O–H groups in total. The second-order valence-electron chi connectivity index (χ2n) is 3.70. The Bertz CT molecular complexity index is 198. The average molecular weight is 154 g/mol. The largest absolute Gasteiger partial charge is 0.349 e. The molecule has 2 fully saturated rings. The first kappa shape index (κ1) is 7.10. The molecule has 0 radical (unpaired) electrons. The molecule has 2 atom stereocenters. The lowest BCUT2D eigenvalue weighted by atomic mass is 9.99. The van der Waals surface area contributed by atoms with Crippen LogP contribution in [-0.2, 0) is 4.79 Å². The summed E-state index contributed by atoms with van der Waals surface area (Å²) in [6.07, 6.45) is 2.29. The zero-order valence-corrected chi connectivity index (χ0v) is 6.98. The van der Waals surface area contributed by atoms with Crippen molar-refractivity contribution in [1.82, 2.24) is 10.6 Å². The predicted molar refractivity (Wildman–Crippen MR) is 42.1 cm³/mol. The smallest absolute Gasteiger partial charge is 0.224 e. The van der Waals surface area contributed by atoms with E-state index < -0.39 is 0 Å². The summed E-state index contributed by atoms with van der Waals surface area (Å²) in [7, 11) is 1.93. The van der Waals surface area contributed by atoms with E-state index >= 15 is 0 Å². The molecule has 1 aliphatic heterocycles. The molecular formula is C8H14N2O. The molecule has 1 heterocycles. The molecular weight excluding hydrogens is 140 g/mol. The highest BCUT2D eigenvalue weighted by Crippen LogP contribution is 2.45. The number of hydrogen-bond acceptors (Lipinski definition) is 2. The van der Waals surface area contributed by atoms with E-state index in [2.05, 4.69) is 10.6 Å². The Hall–Kier alpha value is -0.570. The Morgan fingerprint density at radius 2 is 2.27 bits per heavy atom. The molecule has 3 nitrogen and oxygen atoms in total. The standard InChI is InChI=1S/C8H14N2O/c1-5-6(9-2)8(3-4-8)10-7(5)11/h5-6,9H,3-4H2,1-2H3,(H,10,11). The molecule has 2 aliphatic rings. The summed E-state index contributed by atoms with van der Waals surface area (Å²) >= 11 is 0. The van der Waals surface area contributed by atoms with Gasteiger partial charge in [0.2, 0.25) is 5.91 Å². The third-order valence-electron chi connectivity index (χ3n) is 2.98. The van der Waals surface area contributed by atoms with Gasteiger partial charge in [0.15, 0.2) is 0 Å². The van der Waals surface area contributed by atoms with Crippen LogP contribution in [0.1, 0.15) is 19.8 Å². The zero-order chi connectivity index (χ0) is 8.06. The third kappa shape index (κ3) is 0.805. The maximum Gasteiger partial charge on any atom is 0.224 e. The van der Waals surface area contributed by atoms with Crippen LogP contribution in [0.4, 0.5) is 0 Å². The van der Waals surface area contributed by atoms with Gasteiger partial charge in [-0.2, -0.15) is 0 Å². The summed E-state index contributed by atoms with van der Waals surface area (Å²) in [6.45, 7) is 1.99. The maximum absolute atomic E-state index is 11.2. The van der Waals surface area contributed by atoms with Crippen LogP contribution in [0.2, 0.25) is 0 Å². The van der Waals surface area contributed by atoms with Gasteiger partial charge in [-0.05, 0) is 19.9 Å². The van der Waals surface area contributed by atoms with Gasteiger partial charge >= 0.3 is 0 Å². The molecule has 1 saturated carbocycles. The van der Waals surface area contributed by atoms with Gasteiger partial charge in [0.1, 0.15) is 0 Å². The molecule has 0 aromatic rings. The van der Waals surface area contributed by atoms with Gasteiger partial charge < -0.3 is 10.6 Å². The van der Waals surface area contributed by atoms with E-state index in [0.717, 1.165) is 12.8 Å². The van der Waals surface area contributed by atoms with E-state index in [-0.39, 0.29) is 17.4 Å². The molecule has 1 saturated heterocycles. The molecule has 1 amide bonds. The number of rotatable bonds is 1. The molecule has 3 heteroatoms. The molecule has 2 rings (SSSR count). The van der Waals surface area contributed by atoms with Gasteiger partial charge in [0.05, 0.1) is 11.5 Å². The fourth-order valence-corrected chi connectivity index (χ4v) is 2.16. The summed E-state index contributed by atoms with van der Waals surface area (Å²) in [5.74, 6) is 0.351. The van der Waals surface area contributed by atoms with Crippen molar-refractivity contribution in [1.29, 1.82) is 0 Å². The van der Waals surface area contributed by atoms with Gasteiger partial charge in [-0.3, -0.25) is 4.79 Å². The monoisotopic (exact) mass is 154 g/mol. The Balaban J connectivity index is 2.20. The third-order valence-corrected chi connectivity index (χ3v) is 2.98. The molecule has 0 aromatic carbocycles. The summed E-state index contributed by atoms with van der Waals surface area (Å²) < 4.78 is 0. The van der Waals surface area contributed by atoms with Crippen molar-refractivity contribution in [2.75, 3.05) is 7.05 Å². The zero-order valence-electron chi connectivity index (χ0n) is 6.98. The van der Waals surface area contributed by atoms with Crippen molar-refractivity contribution in [2.45, 2.75) is 31.3 Å². The number of amides is 1. The predicted octanol–water partition coefficient (Wildman–Crippen LogP) is -0.127. The number of nitrogens with one attached hydrogen (secondary N) is 2. The van der Waals surface area contributed by atoms with Crippen LogP contribution in [0.3, 0.4) is 0 Å². The Morgan fingerprint density at radius 3 is 2.64 bits per heavy atom. The molecule has 0 aromatic heterocycles. The highest BCUT2D eigenvalue weighted by Gasteiger charge is 2.58. The first-order valence-corrected chi connectivity index (χ1v) is 4.19. The van der Waals surface area contributed by atoms with Gasteiger partial charge in [-0.1, -0.05) is 6.92 Å². The van der Waals surface area contributed by atoms with Gasteiger partial charge in [0.25, 0.3) is 0 Å². The topological polar surface area (TPSA) is 41.1 Å². The minimum Gasteiger partial charge on any atom is -0.349 e. The first-order valence-electron chi connectivity index (χ1n) is 4.19. The Morgan fingerprint density at radius 1 is 1.64 bits per heavy atom. The highest BCUT2D eigenvalue weighted by atomic mass is 16.2. The lowest BCUT2D eigenvalue weighted by molar-refractivity contribution is -0.122. The van der Waals surface area contributed by atoms with Crippen molar-refractivity contribution >= 4 is 5.91 Å². The van der Waals surface area contributed by atoms with Gasteiger partial charge in [0, 0.05) is 6.04 Å². The number of likely N-dealkylation sites (N-methyl/N-ethyl adjacent to an activating group) is 1. The quantitative estimate of drug-likeness (QED) is 0.552. The van der Waals surface area contributed by atoms with Crippen molar-refractivity contribution in [3.05, 3.63) is 0 Å². The van der Waals surface area contributed by atoms with Crippen LogP contribution in [0, 0.1) is 5.92 Å². The van der Waals surface area contributed by atoms with Crippen molar-refractivity contribution in [3.8, 4) is 0 Å². The van der Waals surface area contributed by atoms with E-state index in [1.807, 2.05) is 14.0 Å². The van der Waals surface area contributed by atoms with Crippen LogP contribution in [0.25, 0.3) is 0 Å². The first-order chi connectivity index (χ1) is 5.19. The van der Waals surface area contributed by atoms with Crippen LogP contribution >= 0.6 is 0 Å². The van der Waals surface area contributed by atoms with Crippen molar-refractivity contribution in [3.63, 3.8) is 0 Å². The lowest BCUT2D eigenvalue weighted by Gasteiger charge is -2.18. The Kier molecular flexibility index (Phi) is 1.27. The van der Waals surface area contributed by atoms with E-state index in [4.69, 9.17) is 0 Å². The lowest BCUT2D eigenvalue weighted by Crippen LogP contribution is -2.42. The van der Waals surface area contributed by atoms with Crippen LogP contribution in [0.15, 0.2) is 0 Å². The van der Waals surface area contributed by atoms with Crippen LogP contribution in [-0.4, -0.2) is 24.5 Å². The normalized spacial score (nSPS) is 39.3. The average Bonchev–Trinajstić information content (AvgIpc) is 2.65. The Labute approximate surface area is 66.5 Å². The van der Waals surface area contributed by atoms with E-state index in [0.29, 0.717) is 6.04 Å². The van der Waals surface area contributed by atoms with Crippen molar-refractivity contribution in [2.24, 2.45) is 5.92 Å². The fourth-order valence-electron chi connectivity index (χ4n) is 2.16. The molecule has 62 valence electrons. The molecule has 2 unspecified atom stereocenters. The van der Waals surface area contributed by atoms with Crippen molar-refractivity contribution < 1.29 is 4.79 Å². The summed E-state index contributed by atoms with van der Waals surface area (Å²) in [5.41, 5.74) is 0.144. The van der Waals surface area contributed by atoms with Gasteiger partial charge in [-0.15, -0.1) is 0 Å². The van der Waals surface area contributed by atoms with E-state index in [9.17, 15) is 4.79 Å². The van der Waals surface area contributed by atoms with E-state index in [1.54, 1.807) is 0 Å². The second-order valence-corrected chi connectivity index (χ2v) is 3.70. The van der Waals surface area contributed by atoms with E-state index in [1.165, 1.54) is 0 Å². The SMILES string of the molecule is CNC1C(C)C(=O)NC12CC2. The molecule has 1 aliphatic carbocycles.